The summed E-state index contributed by atoms with van der Waals surface area (Å²) in [6.07, 6.45) is 1.36. The molecule has 0 unspecified atom stereocenters. The number of nitrogens with one attached hydrogen (secondary N) is 1. The largest absolute Gasteiger partial charge is 0.490 e. The molecule has 7 nitrogen and oxygen atoms in total. The molecule has 1 N–H and O–H groups in total. The van der Waals surface area contributed by atoms with Crippen LogP contribution in [-0.4, -0.2) is 30.6 Å². The molecule has 0 saturated carbocycles. The van der Waals surface area contributed by atoms with Crippen molar-refractivity contribution >= 4 is 45.5 Å². The van der Waals surface area contributed by atoms with Crippen LogP contribution in [-0.2, 0) is 9.59 Å². The molecular weight excluding hydrogens is 464 g/mol. The van der Waals surface area contributed by atoms with Gasteiger partial charge in [-0.05, 0) is 85.1 Å². The predicted molar refractivity (Wildman–Crippen MR) is 121 cm³/mol. The fraction of sp³-hybridized carbons (Fsp3) is 0.261. The number of carbonyl (C=O) groups is 3. The molecule has 1 aliphatic heterocycles. The molecule has 3 rings (SSSR count). The van der Waals surface area contributed by atoms with Gasteiger partial charge >= 0.3 is 6.03 Å². The second-order valence-electron chi connectivity index (χ2n) is 7.23. The van der Waals surface area contributed by atoms with Gasteiger partial charge in [0.15, 0.2) is 11.5 Å². The highest BCUT2D eigenvalue weighted by Crippen LogP contribution is 2.38. The lowest BCUT2D eigenvalue weighted by atomic mass is 10.1. The summed E-state index contributed by atoms with van der Waals surface area (Å²) in [6.45, 7) is 7.92. The first kappa shape index (κ1) is 22.6. The summed E-state index contributed by atoms with van der Waals surface area (Å²) in [6, 6.07) is 9.56. The van der Waals surface area contributed by atoms with Gasteiger partial charge in [-0.1, -0.05) is 12.1 Å². The van der Waals surface area contributed by atoms with Gasteiger partial charge in [-0.15, -0.1) is 0 Å². The molecule has 1 fully saturated rings. The minimum Gasteiger partial charge on any atom is -0.490 e. The normalized spacial score (nSPS) is 15.5. The van der Waals surface area contributed by atoms with Crippen LogP contribution in [0.4, 0.5) is 10.5 Å². The topological polar surface area (TPSA) is 84.9 Å². The summed E-state index contributed by atoms with van der Waals surface area (Å²) in [5.74, 6) is -0.436. The van der Waals surface area contributed by atoms with Crippen LogP contribution in [0.15, 0.2) is 46.4 Å². The third kappa shape index (κ3) is 4.96. The van der Waals surface area contributed by atoms with Gasteiger partial charge in [0.05, 0.1) is 22.9 Å². The maximum absolute atomic E-state index is 13.1. The molecule has 4 amide bonds. The maximum Gasteiger partial charge on any atom is 0.335 e. The minimum atomic E-state index is -0.783. The summed E-state index contributed by atoms with van der Waals surface area (Å²) in [5.41, 5.74) is 1.65. The van der Waals surface area contributed by atoms with Crippen LogP contribution < -0.4 is 19.7 Å². The number of barbiturate groups is 1. The molecule has 0 bridgehead atoms. The van der Waals surface area contributed by atoms with E-state index in [4.69, 9.17) is 9.47 Å². The quantitative estimate of drug-likeness (QED) is 0.475. The first-order chi connectivity index (χ1) is 14.7. The number of halogens is 1. The molecule has 0 aromatic heterocycles. The Bertz CT molecular complexity index is 1080. The van der Waals surface area contributed by atoms with Crippen LogP contribution in [0.25, 0.3) is 6.08 Å². The second-order valence-corrected chi connectivity index (χ2v) is 8.08. The lowest BCUT2D eigenvalue weighted by molar-refractivity contribution is -0.122. The molecular formula is C23H23BrN2O5. The number of ether oxygens (including phenoxy) is 2. The summed E-state index contributed by atoms with van der Waals surface area (Å²) in [5, 5.41) is 2.23. The third-order valence-electron chi connectivity index (χ3n) is 4.36. The number of hydrogen-bond donors (Lipinski definition) is 1. The lowest BCUT2D eigenvalue weighted by Gasteiger charge is -2.26. The smallest absolute Gasteiger partial charge is 0.335 e. The van der Waals surface area contributed by atoms with Crippen LogP contribution in [0.2, 0.25) is 0 Å². The van der Waals surface area contributed by atoms with Gasteiger partial charge in [-0.25, -0.2) is 9.69 Å². The highest BCUT2D eigenvalue weighted by Gasteiger charge is 2.36. The average Bonchev–Trinajstić information content (AvgIpc) is 2.68. The molecule has 8 heteroatoms. The number of hydrogen-bond acceptors (Lipinski definition) is 5. The van der Waals surface area contributed by atoms with Gasteiger partial charge in [0.2, 0.25) is 0 Å². The Hall–Kier alpha value is -3.13. The molecule has 2 aromatic rings. The molecule has 0 aliphatic carbocycles. The Kier molecular flexibility index (Phi) is 6.80. The lowest BCUT2D eigenvalue weighted by Crippen LogP contribution is -2.54. The minimum absolute atomic E-state index is 0.0701. The molecule has 1 aliphatic rings. The van der Waals surface area contributed by atoms with Crippen molar-refractivity contribution in [3.63, 3.8) is 0 Å². The Labute approximate surface area is 189 Å². The zero-order valence-electron chi connectivity index (χ0n) is 17.7. The van der Waals surface area contributed by atoms with E-state index in [1.54, 1.807) is 30.3 Å². The highest BCUT2D eigenvalue weighted by molar-refractivity contribution is 9.10. The van der Waals surface area contributed by atoms with Crippen LogP contribution in [0.5, 0.6) is 11.5 Å². The summed E-state index contributed by atoms with van der Waals surface area (Å²) in [4.78, 5) is 38.9. The van der Waals surface area contributed by atoms with E-state index >= 15 is 0 Å². The summed E-state index contributed by atoms with van der Waals surface area (Å²) < 4.78 is 12.1. The van der Waals surface area contributed by atoms with Crippen molar-refractivity contribution in [1.29, 1.82) is 0 Å². The first-order valence-corrected chi connectivity index (χ1v) is 10.6. The van der Waals surface area contributed by atoms with Crippen LogP contribution in [0.3, 0.4) is 0 Å². The molecule has 1 heterocycles. The Morgan fingerprint density at radius 3 is 2.55 bits per heavy atom. The van der Waals surface area contributed by atoms with Crippen molar-refractivity contribution in [2.75, 3.05) is 11.5 Å². The van der Waals surface area contributed by atoms with E-state index in [2.05, 4.69) is 21.2 Å². The number of imide groups is 2. The second kappa shape index (κ2) is 9.34. The summed E-state index contributed by atoms with van der Waals surface area (Å²) >= 11 is 3.47. The van der Waals surface area contributed by atoms with E-state index in [1.165, 1.54) is 6.08 Å². The number of rotatable bonds is 6. The van der Waals surface area contributed by atoms with Crippen LogP contribution >= 0.6 is 15.9 Å². The van der Waals surface area contributed by atoms with Crippen LogP contribution in [0.1, 0.15) is 31.9 Å². The fourth-order valence-corrected chi connectivity index (χ4v) is 3.66. The van der Waals surface area contributed by atoms with E-state index < -0.39 is 17.8 Å². The number of benzene rings is 2. The van der Waals surface area contributed by atoms with Crippen LogP contribution in [0, 0.1) is 6.92 Å². The highest BCUT2D eigenvalue weighted by atomic mass is 79.9. The monoisotopic (exact) mass is 486 g/mol. The Balaban J connectivity index is 2.04. The maximum atomic E-state index is 13.1. The first-order valence-electron chi connectivity index (χ1n) is 9.82. The van der Waals surface area contributed by atoms with Gasteiger partial charge in [0.25, 0.3) is 11.8 Å². The Morgan fingerprint density at radius 2 is 1.90 bits per heavy atom. The molecule has 162 valence electrons. The Morgan fingerprint density at radius 1 is 1.16 bits per heavy atom. The number of carbonyl (C=O) groups excluding carboxylic acids is 3. The molecule has 0 spiro atoms. The number of aryl methyl sites for hydroxylation is 1. The van der Waals surface area contributed by atoms with E-state index in [9.17, 15) is 14.4 Å². The van der Waals surface area contributed by atoms with Crippen molar-refractivity contribution in [3.05, 3.63) is 57.6 Å². The zero-order valence-corrected chi connectivity index (χ0v) is 19.3. The van der Waals surface area contributed by atoms with E-state index in [0.29, 0.717) is 33.8 Å². The molecule has 1 saturated heterocycles. The van der Waals surface area contributed by atoms with Gasteiger partial charge in [-0.2, -0.15) is 0 Å². The number of anilines is 1. The molecule has 0 radical (unpaired) electrons. The molecule has 0 atom stereocenters. The van der Waals surface area contributed by atoms with Crippen molar-refractivity contribution in [3.8, 4) is 11.5 Å². The van der Waals surface area contributed by atoms with Gasteiger partial charge in [0.1, 0.15) is 5.57 Å². The van der Waals surface area contributed by atoms with Gasteiger partial charge < -0.3 is 9.47 Å². The number of amides is 4. The van der Waals surface area contributed by atoms with Crippen molar-refractivity contribution in [2.24, 2.45) is 0 Å². The van der Waals surface area contributed by atoms with E-state index in [0.717, 1.165) is 10.5 Å². The molecule has 31 heavy (non-hydrogen) atoms. The van der Waals surface area contributed by atoms with Crippen molar-refractivity contribution < 1.29 is 23.9 Å². The standard InChI is InChI=1S/C23H23BrN2O5/c1-5-30-19-12-15(11-18(24)20(19)31-13(2)3)10-17-21(27)25-23(29)26(22(17)28)16-8-6-7-14(4)9-16/h6-13H,5H2,1-4H3,(H,25,27,29)/b17-10+. The van der Waals surface area contributed by atoms with Crippen molar-refractivity contribution in [2.45, 2.75) is 33.8 Å². The van der Waals surface area contributed by atoms with E-state index in [1.807, 2.05) is 33.8 Å². The fourth-order valence-electron chi connectivity index (χ4n) is 3.11. The number of nitrogens with zero attached hydrogens (tertiary/aromatic N) is 1. The SMILES string of the molecule is CCOc1cc(/C=C2\C(=O)NC(=O)N(c3cccc(C)c3)C2=O)cc(Br)c1OC(C)C. The third-order valence-corrected chi connectivity index (χ3v) is 4.95. The van der Waals surface area contributed by atoms with Gasteiger partial charge in [0, 0.05) is 0 Å². The zero-order chi connectivity index (χ0) is 22.7. The predicted octanol–water partition coefficient (Wildman–Crippen LogP) is 4.61. The van der Waals surface area contributed by atoms with Gasteiger partial charge in [-0.3, -0.25) is 14.9 Å². The van der Waals surface area contributed by atoms with E-state index in [-0.39, 0.29) is 11.7 Å². The molecule has 2 aromatic carbocycles. The number of urea groups is 1. The average molecular weight is 487 g/mol. The van der Waals surface area contributed by atoms with Crippen molar-refractivity contribution in [1.82, 2.24) is 5.32 Å². The summed E-state index contributed by atoms with van der Waals surface area (Å²) in [7, 11) is 0.